The number of benzene rings is 1. The van der Waals surface area contributed by atoms with Crippen LogP contribution in [0.5, 0.6) is 0 Å². The van der Waals surface area contributed by atoms with Gasteiger partial charge in [0, 0.05) is 17.7 Å². The van der Waals surface area contributed by atoms with E-state index in [1.165, 1.54) is 24.3 Å². The second-order valence-electron chi connectivity index (χ2n) is 10.7. The van der Waals surface area contributed by atoms with Gasteiger partial charge in [-0.15, -0.1) is 0 Å². The van der Waals surface area contributed by atoms with Crippen LogP contribution < -0.4 is 0 Å². The highest BCUT2D eigenvalue weighted by Crippen LogP contribution is 2.44. The number of nitrogens with zero attached hydrogens (tertiary/aromatic N) is 1. The quantitative estimate of drug-likeness (QED) is 0.512. The average Bonchev–Trinajstić information content (AvgIpc) is 3.17. The van der Waals surface area contributed by atoms with Crippen molar-refractivity contribution in [2.75, 3.05) is 13.2 Å². The third-order valence-electron chi connectivity index (χ3n) is 6.87. The van der Waals surface area contributed by atoms with Gasteiger partial charge in [0.15, 0.2) is 14.1 Å². The van der Waals surface area contributed by atoms with Gasteiger partial charge in [-0.1, -0.05) is 20.8 Å². The maximum atomic E-state index is 16.0. The normalized spacial score (nSPS) is 20.1. The van der Waals surface area contributed by atoms with Crippen LogP contribution in [0.2, 0.25) is 18.1 Å². The molecule has 0 spiro atoms. The van der Waals surface area contributed by atoms with Crippen molar-refractivity contribution in [1.82, 2.24) is 4.98 Å². The van der Waals surface area contributed by atoms with Gasteiger partial charge in [-0.05, 0) is 75.2 Å². The van der Waals surface area contributed by atoms with Crippen LogP contribution in [0.1, 0.15) is 58.7 Å². The van der Waals surface area contributed by atoms with Crippen LogP contribution in [-0.4, -0.2) is 31.6 Å². The predicted molar refractivity (Wildman–Crippen MR) is 125 cm³/mol. The fourth-order valence-corrected chi connectivity index (χ4v) is 5.64. The molecular formula is C25H35F2NO3Si. The van der Waals surface area contributed by atoms with Crippen LogP contribution >= 0.6 is 0 Å². The fourth-order valence-electron chi connectivity index (χ4n) is 3.95. The lowest BCUT2D eigenvalue weighted by atomic mass is 9.89. The molecule has 0 bridgehead atoms. The number of hydrogen-bond acceptors (Lipinski definition) is 4. The van der Waals surface area contributed by atoms with E-state index in [2.05, 4.69) is 38.8 Å². The van der Waals surface area contributed by atoms with Crippen LogP contribution in [0.3, 0.4) is 0 Å². The van der Waals surface area contributed by atoms with Crippen molar-refractivity contribution in [3.8, 4) is 11.3 Å². The average molecular weight is 464 g/mol. The van der Waals surface area contributed by atoms with E-state index < -0.39 is 31.2 Å². The Balaban J connectivity index is 2.21. The van der Waals surface area contributed by atoms with E-state index in [1.54, 1.807) is 6.07 Å². The third-order valence-corrected chi connectivity index (χ3v) is 11.5. The first-order chi connectivity index (χ1) is 14.7. The molecule has 7 heteroatoms. The van der Waals surface area contributed by atoms with Crippen LogP contribution in [0, 0.1) is 11.6 Å². The number of aromatic nitrogens is 1. The molecule has 1 unspecified atom stereocenters. The molecule has 0 aliphatic carbocycles. The highest BCUT2D eigenvalue weighted by atomic mass is 28.4. The summed E-state index contributed by atoms with van der Waals surface area (Å²) in [6.07, 6.45) is 1.37. The number of halogens is 2. The van der Waals surface area contributed by atoms with Gasteiger partial charge < -0.3 is 14.3 Å². The molecular weight excluding hydrogens is 428 g/mol. The number of aliphatic hydroxyl groups is 1. The first-order valence-electron chi connectivity index (χ1n) is 11.1. The summed E-state index contributed by atoms with van der Waals surface area (Å²) in [7, 11) is -2.24. The Morgan fingerprint density at radius 2 is 1.75 bits per heavy atom. The zero-order valence-electron chi connectivity index (χ0n) is 20.2. The first kappa shape index (κ1) is 25.0. The number of pyridine rings is 1. The lowest BCUT2D eigenvalue weighted by Crippen LogP contribution is -2.46. The molecule has 4 nitrogen and oxygen atoms in total. The molecule has 1 aromatic carbocycles. The van der Waals surface area contributed by atoms with Gasteiger partial charge >= 0.3 is 0 Å². The van der Waals surface area contributed by atoms with Gasteiger partial charge in [0.2, 0.25) is 0 Å². The largest absolute Gasteiger partial charge is 0.408 e. The minimum absolute atomic E-state index is 0.0583. The Kier molecular flexibility index (Phi) is 6.70. The van der Waals surface area contributed by atoms with E-state index in [-0.39, 0.29) is 17.3 Å². The van der Waals surface area contributed by atoms with Gasteiger partial charge in [-0.2, -0.15) is 0 Å². The fraction of sp³-hybridized carbons (Fsp3) is 0.560. The van der Waals surface area contributed by atoms with Crippen molar-refractivity contribution in [2.24, 2.45) is 0 Å². The Hall–Kier alpha value is -1.67. The molecule has 1 aromatic heterocycles. The summed E-state index contributed by atoms with van der Waals surface area (Å²) in [6.45, 7) is 14.7. The van der Waals surface area contributed by atoms with Crippen LogP contribution in [0.4, 0.5) is 8.78 Å². The smallest absolute Gasteiger partial charge is 0.193 e. The van der Waals surface area contributed by atoms with E-state index in [0.717, 1.165) is 6.42 Å². The molecule has 1 fully saturated rings. The van der Waals surface area contributed by atoms with Gasteiger partial charge in [-0.25, -0.2) is 13.8 Å². The molecule has 176 valence electrons. The molecule has 2 heterocycles. The van der Waals surface area contributed by atoms with Gasteiger partial charge in [0.25, 0.3) is 0 Å². The first-order valence-corrected chi connectivity index (χ1v) is 14.1. The molecule has 1 saturated heterocycles. The van der Waals surface area contributed by atoms with Crippen LogP contribution in [-0.2, 0) is 20.4 Å². The Morgan fingerprint density at radius 3 is 2.25 bits per heavy atom. The zero-order valence-corrected chi connectivity index (χ0v) is 21.2. The van der Waals surface area contributed by atoms with Crippen molar-refractivity contribution in [3.05, 3.63) is 53.2 Å². The number of ether oxygens (including phenoxy) is 1. The van der Waals surface area contributed by atoms with E-state index in [4.69, 9.17) is 9.16 Å². The molecule has 1 atom stereocenters. The topological polar surface area (TPSA) is 51.6 Å². The van der Waals surface area contributed by atoms with Crippen molar-refractivity contribution in [2.45, 2.75) is 76.8 Å². The summed E-state index contributed by atoms with van der Waals surface area (Å²) in [6, 6.07) is 7.27. The maximum absolute atomic E-state index is 16.0. The summed E-state index contributed by atoms with van der Waals surface area (Å²) < 4.78 is 42.1. The minimum Gasteiger partial charge on any atom is -0.408 e. The van der Waals surface area contributed by atoms with Gasteiger partial charge in [0.1, 0.15) is 17.1 Å². The van der Waals surface area contributed by atoms with Crippen molar-refractivity contribution >= 4 is 8.32 Å². The third kappa shape index (κ3) is 4.67. The van der Waals surface area contributed by atoms with Gasteiger partial charge in [-0.3, -0.25) is 0 Å². The Bertz CT molecular complexity index is 962. The Morgan fingerprint density at radius 1 is 1.12 bits per heavy atom. The monoisotopic (exact) mass is 463 g/mol. The summed E-state index contributed by atoms with van der Waals surface area (Å²) >= 11 is 0. The molecule has 3 rings (SSSR count). The molecule has 1 aliphatic rings. The van der Waals surface area contributed by atoms with Crippen molar-refractivity contribution in [1.29, 1.82) is 0 Å². The van der Waals surface area contributed by atoms with Crippen molar-refractivity contribution < 1.29 is 23.1 Å². The number of hydrogen-bond donors (Lipinski definition) is 1. The molecule has 0 saturated carbocycles. The van der Waals surface area contributed by atoms with E-state index >= 15 is 4.39 Å². The number of rotatable bonds is 6. The molecule has 1 aliphatic heterocycles. The highest BCUT2D eigenvalue weighted by Gasteiger charge is 2.45. The van der Waals surface area contributed by atoms with Crippen LogP contribution in [0.25, 0.3) is 11.3 Å². The van der Waals surface area contributed by atoms with E-state index in [9.17, 15) is 9.50 Å². The summed E-state index contributed by atoms with van der Waals surface area (Å²) in [5, 5.41) is 10.1. The second kappa shape index (κ2) is 8.59. The second-order valence-corrected chi connectivity index (χ2v) is 15.4. The summed E-state index contributed by atoms with van der Waals surface area (Å²) in [4.78, 5) is 4.59. The lowest BCUT2D eigenvalue weighted by Gasteiger charge is -2.43. The summed E-state index contributed by atoms with van der Waals surface area (Å²) in [5.41, 5.74) is -0.539. The maximum Gasteiger partial charge on any atom is 0.193 e. The molecule has 0 radical (unpaired) electrons. The SMILES string of the molecule is CC(C)(O[Si](C)(C)C(C)(C)C)c1cc(C2(CO)CCCO2)nc(-c2ccc(F)cc2)c1F. The molecule has 2 aromatic rings. The van der Waals surface area contributed by atoms with Crippen LogP contribution in [0.15, 0.2) is 30.3 Å². The van der Waals surface area contributed by atoms with E-state index in [1.807, 2.05) is 13.8 Å². The highest BCUT2D eigenvalue weighted by molar-refractivity contribution is 6.74. The Labute approximate surface area is 191 Å². The standard InChI is InChI=1S/C25H35F2NO3Si/c1-23(2,3)32(6,7)31-24(4,5)19-15-20(25(16-29)13-8-14-30-25)28-22(21(19)27)17-9-11-18(26)12-10-17/h9-12,15,29H,8,13-14,16H2,1-7H3. The number of aliphatic hydroxyl groups excluding tert-OH is 1. The van der Waals surface area contributed by atoms with E-state index in [0.29, 0.717) is 29.8 Å². The molecule has 1 N–H and O–H groups in total. The lowest BCUT2D eigenvalue weighted by molar-refractivity contribution is -0.0463. The summed E-state index contributed by atoms with van der Waals surface area (Å²) in [5.74, 6) is -0.909. The predicted octanol–water partition coefficient (Wildman–Crippen LogP) is 6.28. The zero-order chi connectivity index (χ0) is 23.9. The molecule has 0 amide bonds. The van der Waals surface area contributed by atoms with Gasteiger partial charge in [0.05, 0.1) is 17.9 Å². The minimum atomic E-state index is -2.24. The molecule has 32 heavy (non-hydrogen) atoms. The van der Waals surface area contributed by atoms with Crippen molar-refractivity contribution in [3.63, 3.8) is 0 Å².